The maximum Gasteiger partial charge on any atom is -0.00222 e. The summed E-state index contributed by atoms with van der Waals surface area (Å²) in [5, 5.41) is 7.06. The minimum atomic E-state index is -0.141. The highest BCUT2D eigenvalue weighted by Crippen LogP contribution is 2.44. The fourth-order valence-electron chi connectivity index (χ4n) is 4.30. The number of hydrogen-bond acceptors (Lipinski definition) is 0. The van der Waals surface area contributed by atoms with E-state index in [9.17, 15) is 0 Å². The van der Waals surface area contributed by atoms with E-state index in [-0.39, 0.29) is 7.92 Å². The summed E-state index contributed by atoms with van der Waals surface area (Å²) < 4.78 is 0. The van der Waals surface area contributed by atoms with Crippen molar-refractivity contribution in [2.45, 2.75) is 39.5 Å². The maximum absolute atomic E-state index is 2.45. The van der Waals surface area contributed by atoms with Crippen molar-refractivity contribution in [1.29, 1.82) is 0 Å². The second kappa shape index (κ2) is 9.55. The van der Waals surface area contributed by atoms with Crippen LogP contribution in [-0.4, -0.2) is 12.3 Å². The molecule has 0 aliphatic rings. The van der Waals surface area contributed by atoms with Crippen molar-refractivity contribution >= 4 is 34.8 Å². The molecule has 0 saturated carbocycles. The molecule has 0 heterocycles. The molecule has 0 aliphatic heterocycles. The number of hydrogen-bond donors (Lipinski definition) is 0. The van der Waals surface area contributed by atoms with Crippen molar-refractivity contribution in [1.82, 2.24) is 0 Å². The Hall–Kier alpha value is -2.17. The molecule has 29 heavy (non-hydrogen) atoms. The van der Waals surface area contributed by atoms with Gasteiger partial charge in [0.1, 0.15) is 0 Å². The van der Waals surface area contributed by atoms with Crippen LogP contribution in [0, 0.1) is 0 Å². The lowest BCUT2D eigenvalue weighted by Crippen LogP contribution is -2.11. The van der Waals surface area contributed by atoms with Crippen molar-refractivity contribution in [3.8, 4) is 11.1 Å². The van der Waals surface area contributed by atoms with Gasteiger partial charge in [-0.3, -0.25) is 0 Å². The quantitative estimate of drug-likeness (QED) is 0.262. The molecule has 4 rings (SSSR count). The van der Waals surface area contributed by atoms with Crippen LogP contribution in [-0.2, 0) is 0 Å². The molecule has 0 atom stereocenters. The van der Waals surface area contributed by atoms with Crippen LogP contribution in [0.4, 0.5) is 0 Å². The second-order valence-corrected chi connectivity index (χ2v) is 10.4. The van der Waals surface area contributed by atoms with Crippen LogP contribution in [0.5, 0.6) is 0 Å². The Morgan fingerprint density at radius 3 is 1.86 bits per heavy atom. The SMILES string of the molecule is CCCCP(CCCC)c1ccc2ccccc2c1-c1cccc2ccccc12. The Bertz CT molecular complexity index is 1080. The van der Waals surface area contributed by atoms with Crippen LogP contribution in [0.15, 0.2) is 78.9 Å². The molecule has 0 saturated heterocycles. The van der Waals surface area contributed by atoms with E-state index in [0.29, 0.717) is 0 Å². The summed E-state index contributed by atoms with van der Waals surface area (Å²) in [6.07, 6.45) is 7.92. The average molecular weight is 399 g/mol. The van der Waals surface area contributed by atoms with E-state index < -0.39 is 0 Å². The Morgan fingerprint density at radius 1 is 0.586 bits per heavy atom. The van der Waals surface area contributed by atoms with Crippen molar-refractivity contribution < 1.29 is 0 Å². The monoisotopic (exact) mass is 398 g/mol. The smallest absolute Gasteiger partial charge is 0.00222 e. The molecule has 0 nitrogen and oxygen atoms in total. The molecule has 0 amide bonds. The highest BCUT2D eigenvalue weighted by atomic mass is 31.1. The Kier molecular flexibility index (Phi) is 6.63. The number of fused-ring (bicyclic) bond motifs is 2. The summed E-state index contributed by atoms with van der Waals surface area (Å²) in [6, 6.07) is 29.4. The molecular formula is C28H31P. The molecule has 0 radical (unpaired) electrons. The van der Waals surface area contributed by atoms with E-state index in [1.165, 1.54) is 70.7 Å². The van der Waals surface area contributed by atoms with Crippen molar-refractivity contribution in [2.24, 2.45) is 0 Å². The summed E-state index contributed by atoms with van der Waals surface area (Å²) in [7, 11) is -0.141. The Morgan fingerprint density at radius 2 is 1.17 bits per heavy atom. The predicted octanol–water partition coefficient (Wildman–Crippen LogP) is 8.37. The summed E-state index contributed by atoms with van der Waals surface area (Å²) in [4.78, 5) is 0. The fraction of sp³-hybridized carbons (Fsp3) is 0.286. The van der Waals surface area contributed by atoms with E-state index in [1.807, 2.05) is 0 Å². The number of rotatable bonds is 8. The molecular weight excluding hydrogens is 367 g/mol. The lowest BCUT2D eigenvalue weighted by molar-refractivity contribution is 0.871. The van der Waals surface area contributed by atoms with E-state index in [0.717, 1.165) is 0 Å². The highest BCUT2D eigenvalue weighted by molar-refractivity contribution is 7.66. The van der Waals surface area contributed by atoms with Gasteiger partial charge in [-0.25, -0.2) is 0 Å². The van der Waals surface area contributed by atoms with Gasteiger partial charge in [0.15, 0.2) is 0 Å². The first-order valence-electron chi connectivity index (χ1n) is 11.1. The van der Waals surface area contributed by atoms with Gasteiger partial charge >= 0.3 is 0 Å². The zero-order valence-electron chi connectivity index (χ0n) is 17.7. The zero-order valence-corrected chi connectivity index (χ0v) is 18.6. The minimum Gasteiger partial charge on any atom is -0.0746 e. The molecule has 0 aromatic heterocycles. The molecule has 0 aliphatic carbocycles. The van der Waals surface area contributed by atoms with Gasteiger partial charge in [0.25, 0.3) is 0 Å². The third-order valence-electron chi connectivity index (χ3n) is 5.87. The topological polar surface area (TPSA) is 0 Å². The Balaban J connectivity index is 1.98. The van der Waals surface area contributed by atoms with Gasteiger partial charge in [-0.2, -0.15) is 0 Å². The number of unbranched alkanes of at least 4 members (excludes halogenated alkanes) is 2. The van der Waals surface area contributed by atoms with E-state index in [1.54, 1.807) is 5.30 Å². The van der Waals surface area contributed by atoms with Gasteiger partial charge in [-0.1, -0.05) is 113 Å². The summed E-state index contributed by atoms with van der Waals surface area (Å²) in [5.41, 5.74) is 2.88. The minimum absolute atomic E-state index is 0.141. The Labute approximate surface area is 176 Å². The van der Waals surface area contributed by atoms with Crippen molar-refractivity contribution in [2.75, 3.05) is 12.3 Å². The predicted molar refractivity (Wildman–Crippen MR) is 133 cm³/mol. The van der Waals surface area contributed by atoms with Crippen LogP contribution in [0.3, 0.4) is 0 Å². The lowest BCUT2D eigenvalue weighted by Gasteiger charge is -2.23. The molecule has 148 valence electrons. The van der Waals surface area contributed by atoms with Gasteiger partial charge in [0.2, 0.25) is 0 Å². The van der Waals surface area contributed by atoms with Crippen molar-refractivity contribution in [3.05, 3.63) is 78.9 Å². The number of benzene rings is 4. The summed E-state index contributed by atoms with van der Waals surface area (Å²) in [6.45, 7) is 4.64. The molecule has 0 unspecified atom stereocenters. The molecule has 0 bridgehead atoms. The third-order valence-corrected chi connectivity index (χ3v) is 8.64. The second-order valence-electron chi connectivity index (χ2n) is 7.90. The van der Waals surface area contributed by atoms with Gasteiger partial charge in [-0.05, 0) is 63.1 Å². The first-order valence-corrected chi connectivity index (χ1v) is 12.8. The fourth-order valence-corrected chi connectivity index (χ4v) is 7.24. The van der Waals surface area contributed by atoms with Crippen LogP contribution >= 0.6 is 7.92 Å². The molecule has 4 aromatic carbocycles. The molecule has 1 heteroatoms. The molecule has 4 aromatic rings. The first kappa shape index (κ1) is 20.1. The van der Waals surface area contributed by atoms with Gasteiger partial charge in [0.05, 0.1) is 0 Å². The van der Waals surface area contributed by atoms with E-state index >= 15 is 0 Å². The van der Waals surface area contributed by atoms with E-state index in [4.69, 9.17) is 0 Å². The summed E-state index contributed by atoms with van der Waals surface area (Å²) >= 11 is 0. The maximum atomic E-state index is 2.45. The summed E-state index contributed by atoms with van der Waals surface area (Å²) in [5.74, 6) is 0. The standard InChI is InChI=1S/C28H31P/c1-3-5-20-29(21-6-4-2)27-19-18-23-13-8-10-16-25(23)28(27)26-17-11-14-22-12-7-9-15-24(22)26/h7-19H,3-6,20-21H2,1-2H3. The van der Waals surface area contributed by atoms with Crippen LogP contribution in [0.2, 0.25) is 0 Å². The zero-order chi connectivity index (χ0) is 20.1. The third kappa shape index (κ3) is 4.24. The van der Waals surface area contributed by atoms with Crippen molar-refractivity contribution in [3.63, 3.8) is 0 Å². The van der Waals surface area contributed by atoms with Gasteiger partial charge < -0.3 is 0 Å². The van der Waals surface area contributed by atoms with Crippen LogP contribution < -0.4 is 5.30 Å². The molecule has 0 fully saturated rings. The lowest BCUT2D eigenvalue weighted by atomic mass is 9.94. The largest absolute Gasteiger partial charge is 0.0746 e. The van der Waals surface area contributed by atoms with Gasteiger partial charge in [-0.15, -0.1) is 0 Å². The highest BCUT2D eigenvalue weighted by Gasteiger charge is 2.19. The first-order chi connectivity index (χ1) is 14.3. The molecule has 0 spiro atoms. The van der Waals surface area contributed by atoms with Crippen LogP contribution in [0.25, 0.3) is 32.7 Å². The van der Waals surface area contributed by atoms with Crippen LogP contribution in [0.1, 0.15) is 39.5 Å². The average Bonchev–Trinajstić information content (AvgIpc) is 2.78. The molecule has 0 N–H and O–H groups in total. The normalized spacial score (nSPS) is 11.6. The van der Waals surface area contributed by atoms with E-state index in [2.05, 4.69) is 92.7 Å². The van der Waals surface area contributed by atoms with Gasteiger partial charge in [0, 0.05) is 0 Å².